The maximum Gasteiger partial charge on any atom is 0.417 e. The molecule has 0 aromatic rings. The highest BCUT2D eigenvalue weighted by Gasteiger charge is 2.11. The summed E-state index contributed by atoms with van der Waals surface area (Å²) in [5.74, 6) is -2.69. The SMILES string of the molecule is CCCCCOC(=O)C(=O)O. The summed E-state index contributed by atoms with van der Waals surface area (Å²) in [6.07, 6.45) is 2.70. The lowest BCUT2D eigenvalue weighted by atomic mass is 10.3. The van der Waals surface area contributed by atoms with E-state index in [1.807, 2.05) is 6.92 Å². The second-order valence-electron chi connectivity index (χ2n) is 2.15. The van der Waals surface area contributed by atoms with Crippen molar-refractivity contribution in [3.8, 4) is 0 Å². The molecule has 0 heterocycles. The van der Waals surface area contributed by atoms with Gasteiger partial charge in [0, 0.05) is 0 Å². The lowest BCUT2D eigenvalue weighted by Gasteiger charge is -1.98. The first-order chi connectivity index (χ1) is 5.18. The molecular formula is C7H12O4. The summed E-state index contributed by atoms with van der Waals surface area (Å²) in [6.45, 7) is 2.22. The second-order valence-corrected chi connectivity index (χ2v) is 2.15. The zero-order valence-corrected chi connectivity index (χ0v) is 6.50. The van der Waals surface area contributed by atoms with Gasteiger partial charge < -0.3 is 9.84 Å². The van der Waals surface area contributed by atoms with Crippen LogP contribution in [0.25, 0.3) is 0 Å². The van der Waals surface area contributed by atoms with Gasteiger partial charge in [0.2, 0.25) is 0 Å². The van der Waals surface area contributed by atoms with Gasteiger partial charge in [-0.05, 0) is 6.42 Å². The predicted molar refractivity (Wildman–Crippen MR) is 38.1 cm³/mol. The number of carboxylic acid groups (broad SMARTS) is 1. The number of ether oxygens (including phenoxy) is 1. The molecule has 0 aliphatic carbocycles. The van der Waals surface area contributed by atoms with Gasteiger partial charge in [-0.25, -0.2) is 9.59 Å². The molecule has 0 aromatic heterocycles. The van der Waals surface area contributed by atoms with E-state index in [0.717, 1.165) is 19.3 Å². The van der Waals surface area contributed by atoms with E-state index in [-0.39, 0.29) is 6.61 Å². The minimum atomic E-state index is -1.53. The van der Waals surface area contributed by atoms with Gasteiger partial charge >= 0.3 is 11.9 Å². The molecule has 4 heteroatoms. The first-order valence-electron chi connectivity index (χ1n) is 3.58. The zero-order chi connectivity index (χ0) is 8.69. The van der Waals surface area contributed by atoms with E-state index in [2.05, 4.69) is 4.74 Å². The average Bonchev–Trinajstić information content (AvgIpc) is 1.97. The van der Waals surface area contributed by atoms with Crippen LogP contribution in [0.3, 0.4) is 0 Å². The Morgan fingerprint density at radius 3 is 2.45 bits per heavy atom. The molecule has 0 aromatic carbocycles. The Bertz CT molecular complexity index is 141. The second kappa shape index (κ2) is 5.70. The maximum atomic E-state index is 10.3. The molecule has 0 aliphatic heterocycles. The van der Waals surface area contributed by atoms with Crippen molar-refractivity contribution in [2.75, 3.05) is 6.61 Å². The van der Waals surface area contributed by atoms with Gasteiger partial charge in [0.25, 0.3) is 0 Å². The number of hydrogen-bond donors (Lipinski definition) is 1. The Hall–Kier alpha value is -1.06. The molecule has 0 saturated heterocycles. The van der Waals surface area contributed by atoms with Crippen molar-refractivity contribution < 1.29 is 19.4 Å². The standard InChI is InChI=1S/C7H12O4/c1-2-3-4-5-11-7(10)6(8)9/h2-5H2,1H3,(H,8,9). The van der Waals surface area contributed by atoms with E-state index >= 15 is 0 Å². The molecule has 0 aliphatic rings. The van der Waals surface area contributed by atoms with E-state index < -0.39 is 11.9 Å². The molecule has 0 amide bonds. The van der Waals surface area contributed by atoms with E-state index in [1.54, 1.807) is 0 Å². The van der Waals surface area contributed by atoms with Crippen molar-refractivity contribution in [3.05, 3.63) is 0 Å². The average molecular weight is 160 g/mol. The van der Waals surface area contributed by atoms with Crippen LogP contribution in [0.1, 0.15) is 26.2 Å². The van der Waals surface area contributed by atoms with Crippen LogP contribution >= 0.6 is 0 Å². The Labute approximate surface area is 65.2 Å². The van der Waals surface area contributed by atoms with Gasteiger partial charge in [-0.15, -0.1) is 0 Å². The molecule has 0 atom stereocenters. The first-order valence-corrected chi connectivity index (χ1v) is 3.58. The van der Waals surface area contributed by atoms with Crippen molar-refractivity contribution in [1.82, 2.24) is 0 Å². The van der Waals surface area contributed by atoms with Crippen molar-refractivity contribution >= 4 is 11.9 Å². The molecule has 0 radical (unpaired) electrons. The normalized spacial score (nSPS) is 9.18. The predicted octanol–water partition coefficient (Wildman–Crippen LogP) is 0.804. The Morgan fingerprint density at radius 2 is 2.00 bits per heavy atom. The fraction of sp³-hybridized carbons (Fsp3) is 0.714. The highest BCUT2D eigenvalue weighted by atomic mass is 16.6. The number of aliphatic carboxylic acids is 1. The van der Waals surface area contributed by atoms with Crippen LogP contribution in [-0.4, -0.2) is 23.7 Å². The molecule has 0 fully saturated rings. The van der Waals surface area contributed by atoms with E-state index in [9.17, 15) is 9.59 Å². The van der Waals surface area contributed by atoms with Gasteiger partial charge in [0.1, 0.15) is 0 Å². The Balaban J connectivity index is 3.25. The molecule has 0 unspecified atom stereocenters. The number of unbranched alkanes of at least 4 members (excludes halogenated alkanes) is 2. The van der Waals surface area contributed by atoms with Crippen LogP contribution in [0.5, 0.6) is 0 Å². The van der Waals surface area contributed by atoms with Gasteiger partial charge in [0.05, 0.1) is 6.61 Å². The number of esters is 1. The maximum absolute atomic E-state index is 10.3. The van der Waals surface area contributed by atoms with Crippen LogP contribution in [0.2, 0.25) is 0 Å². The summed E-state index contributed by atoms with van der Waals surface area (Å²) < 4.78 is 4.37. The smallest absolute Gasteiger partial charge is 0.417 e. The molecule has 4 nitrogen and oxygen atoms in total. The number of hydrogen-bond acceptors (Lipinski definition) is 3. The molecule has 11 heavy (non-hydrogen) atoms. The number of carbonyl (C=O) groups is 2. The monoisotopic (exact) mass is 160 g/mol. The third kappa shape index (κ3) is 5.39. The summed E-state index contributed by atoms with van der Waals surface area (Å²) in [7, 11) is 0. The van der Waals surface area contributed by atoms with Crippen molar-refractivity contribution in [1.29, 1.82) is 0 Å². The van der Waals surface area contributed by atoms with Gasteiger partial charge in [0.15, 0.2) is 0 Å². The van der Waals surface area contributed by atoms with Crippen LogP contribution in [0.15, 0.2) is 0 Å². The lowest BCUT2D eigenvalue weighted by Crippen LogP contribution is -2.16. The third-order valence-corrected chi connectivity index (χ3v) is 1.16. The highest BCUT2D eigenvalue weighted by molar-refractivity contribution is 6.28. The molecule has 1 N–H and O–H groups in total. The molecule has 0 rings (SSSR count). The zero-order valence-electron chi connectivity index (χ0n) is 6.50. The largest absolute Gasteiger partial charge is 0.473 e. The third-order valence-electron chi connectivity index (χ3n) is 1.16. The molecule has 64 valence electrons. The van der Waals surface area contributed by atoms with Crippen LogP contribution in [0, 0.1) is 0 Å². The minimum absolute atomic E-state index is 0.207. The molecule has 0 bridgehead atoms. The molecule has 0 spiro atoms. The Kier molecular flexibility index (Phi) is 5.15. The van der Waals surface area contributed by atoms with E-state index in [4.69, 9.17) is 5.11 Å². The lowest BCUT2D eigenvalue weighted by molar-refractivity contribution is -0.163. The fourth-order valence-electron chi connectivity index (χ4n) is 0.579. The summed E-state index contributed by atoms with van der Waals surface area (Å²) in [5, 5.41) is 8.06. The summed E-state index contributed by atoms with van der Waals surface area (Å²) in [6, 6.07) is 0. The summed E-state index contributed by atoms with van der Waals surface area (Å²) >= 11 is 0. The summed E-state index contributed by atoms with van der Waals surface area (Å²) in [5.41, 5.74) is 0. The van der Waals surface area contributed by atoms with E-state index in [0.29, 0.717) is 0 Å². The van der Waals surface area contributed by atoms with Gasteiger partial charge in [-0.2, -0.15) is 0 Å². The number of carboxylic acids is 1. The number of rotatable bonds is 4. The minimum Gasteiger partial charge on any atom is -0.473 e. The van der Waals surface area contributed by atoms with Crippen LogP contribution in [0.4, 0.5) is 0 Å². The fourth-order valence-corrected chi connectivity index (χ4v) is 0.579. The van der Waals surface area contributed by atoms with Crippen molar-refractivity contribution in [3.63, 3.8) is 0 Å². The van der Waals surface area contributed by atoms with Gasteiger partial charge in [-0.3, -0.25) is 0 Å². The molecular weight excluding hydrogens is 148 g/mol. The highest BCUT2D eigenvalue weighted by Crippen LogP contribution is 1.94. The van der Waals surface area contributed by atoms with Crippen LogP contribution in [-0.2, 0) is 14.3 Å². The summed E-state index contributed by atoms with van der Waals surface area (Å²) in [4.78, 5) is 20.2. The van der Waals surface area contributed by atoms with Crippen molar-refractivity contribution in [2.24, 2.45) is 0 Å². The molecule has 0 saturated carbocycles. The first kappa shape index (κ1) is 9.94. The van der Waals surface area contributed by atoms with Crippen LogP contribution < -0.4 is 0 Å². The Morgan fingerprint density at radius 1 is 1.36 bits per heavy atom. The number of carbonyl (C=O) groups excluding carboxylic acids is 1. The quantitative estimate of drug-likeness (QED) is 0.375. The van der Waals surface area contributed by atoms with E-state index in [1.165, 1.54) is 0 Å². The topological polar surface area (TPSA) is 63.6 Å². The van der Waals surface area contributed by atoms with Crippen molar-refractivity contribution in [2.45, 2.75) is 26.2 Å². The van der Waals surface area contributed by atoms with Gasteiger partial charge in [-0.1, -0.05) is 19.8 Å².